The molecular formula is C17H15FO5. The van der Waals surface area contributed by atoms with Crippen LogP contribution in [0.4, 0.5) is 4.39 Å². The molecule has 0 aromatic heterocycles. The Bertz CT molecular complexity index is 709. The lowest BCUT2D eigenvalue weighted by molar-refractivity contribution is 0.0589. The number of methoxy groups -OCH3 is 2. The Kier molecular flexibility index (Phi) is 5.30. The third kappa shape index (κ3) is 4.06. The molecule has 0 fully saturated rings. The van der Waals surface area contributed by atoms with Crippen molar-refractivity contribution in [1.29, 1.82) is 0 Å². The number of halogens is 1. The third-order valence-corrected chi connectivity index (χ3v) is 3.15. The predicted octanol–water partition coefficient (Wildman–Crippen LogP) is 2.98. The first-order valence-electron chi connectivity index (χ1n) is 6.73. The average Bonchev–Trinajstić information content (AvgIpc) is 2.59. The van der Waals surface area contributed by atoms with E-state index >= 15 is 0 Å². The lowest BCUT2D eigenvalue weighted by Gasteiger charge is -2.10. The molecule has 0 N–H and O–H groups in total. The zero-order chi connectivity index (χ0) is 16.8. The Hall–Kier alpha value is -2.89. The van der Waals surface area contributed by atoms with Crippen molar-refractivity contribution in [3.8, 4) is 5.75 Å². The van der Waals surface area contributed by atoms with E-state index in [-0.39, 0.29) is 12.2 Å². The van der Waals surface area contributed by atoms with Crippen LogP contribution in [0.5, 0.6) is 5.75 Å². The number of ether oxygens (including phenoxy) is 3. The van der Waals surface area contributed by atoms with Gasteiger partial charge in [-0.2, -0.15) is 0 Å². The van der Waals surface area contributed by atoms with Crippen LogP contribution in [-0.2, 0) is 16.1 Å². The molecule has 0 saturated carbocycles. The van der Waals surface area contributed by atoms with E-state index in [1.54, 1.807) is 24.3 Å². The summed E-state index contributed by atoms with van der Waals surface area (Å²) in [5.41, 5.74) is 1.01. The highest BCUT2D eigenvalue weighted by Crippen LogP contribution is 2.18. The monoisotopic (exact) mass is 318 g/mol. The fraction of sp³-hybridized carbons (Fsp3) is 0.176. The predicted molar refractivity (Wildman–Crippen MR) is 79.9 cm³/mol. The number of carbonyl (C=O) groups is 2. The summed E-state index contributed by atoms with van der Waals surface area (Å²) in [5.74, 6) is -1.11. The molecule has 0 amide bonds. The van der Waals surface area contributed by atoms with E-state index < -0.39 is 17.8 Å². The minimum absolute atomic E-state index is 0.0578. The molecule has 5 nitrogen and oxygen atoms in total. The second kappa shape index (κ2) is 7.40. The molecule has 0 unspecified atom stereocenters. The topological polar surface area (TPSA) is 61.8 Å². The molecule has 0 heterocycles. The summed E-state index contributed by atoms with van der Waals surface area (Å²) in [6.07, 6.45) is 0. The van der Waals surface area contributed by atoms with Crippen LogP contribution in [0, 0.1) is 5.82 Å². The van der Waals surface area contributed by atoms with Gasteiger partial charge in [0, 0.05) is 5.56 Å². The fourth-order valence-corrected chi connectivity index (χ4v) is 1.94. The molecule has 0 aliphatic heterocycles. The summed E-state index contributed by atoms with van der Waals surface area (Å²) < 4.78 is 28.1. The summed E-state index contributed by atoms with van der Waals surface area (Å²) >= 11 is 0. The standard InChI is InChI=1S/C17H15FO5/c1-21-16(19)11-4-7-14(8-5-11)23-10-12-3-6-13(18)9-15(12)17(20)22-2/h3-9H,10H2,1-2H3. The maximum Gasteiger partial charge on any atom is 0.338 e. The van der Waals surface area contributed by atoms with Crippen molar-refractivity contribution < 1.29 is 28.2 Å². The van der Waals surface area contributed by atoms with Crippen LogP contribution in [0.15, 0.2) is 42.5 Å². The lowest BCUT2D eigenvalue weighted by Crippen LogP contribution is -2.08. The largest absolute Gasteiger partial charge is 0.489 e. The number of rotatable bonds is 5. The molecule has 0 bridgehead atoms. The zero-order valence-corrected chi connectivity index (χ0v) is 12.7. The second-order valence-electron chi connectivity index (χ2n) is 4.60. The maximum atomic E-state index is 13.3. The summed E-state index contributed by atoms with van der Waals surface area (Å²) in [6.45, 7) is 0.0578. The molecule has 0 atom stereocenters. The minimum Gasteiger partial charge on any atom is -0.489 e. The lowest BCUT2D eigenvalue weighted by atomic mass is 10.1. The number of benzene rings is 2. The molecule has 0 spiro atoms. The van der Waals surface area contributed by atoms with E-state index in [9.17, 15) is 14.0 Å². The van der Waals surface area contributed by atoms with Crippen LogP contribution < -0.4 is 4.74 Å². The molecule has 2 aromatic carbocycles. The van der Waals surface area contributed by atoms with Crippen molar-refractivity contribution in [3.63, 3.8) is 0 Å². The van der Waals surface area contributed by atoms with E-state index in [0.29, 0.717) is 16.9 Å². The van der Waals surface area contributed by atoms with Gasteiger partial charge >= 0.3 is 11.9 Å². The van der Waals surface area contributed by atoms with Gasteiger partial charge in [0.1, 0.15) is 18.2 Å². The molecule has 120 valence electrons. The van der Waals surface area contributed by atoms with Crippen molar-refractivity contribution in [1.82, 2.24) is 0 Å². The Labute approximate surface area is 132 Å². The summed E-state index contributed by atoms with van der Waals surface area (Å²) in [6, 6.07) is 10.1. The van der Waals surface area contributed by atoms with E-state index in [1.807, 2.05) is 0 Å². The molecule has 0 radical (unpaired) electrons. The molecular weight excluding hydrogens is 303 g/mol. The quantitative estimate of drug-likeness (QED) is 0.793. The molecule has 2 aromatic rings. The van der Waals surface area contributed by atoms with Gasteiger partial charge in [-0.05, 0) is 36.4 Å². The second-order valence-corrected chi connectivity index (χ2v) is 4.60. The Balaban J connectivity index is 2.12. The Morgan fingerprint density at radius 3 is 2.22 bits per heavy atom. The molecule has 0 aliphatic carbocycles. The highest BCUT2D eigenvalue weighted by molar-refractivity contribution is 5.91. The van der Waals surface area contributed by atoms with Gasteiger partial charge in [-0.3, -0.25) is 0 Å². The van der Waals surface area contributed by atoms with Gasteiger partial charge in [0.25, 0.3) is 0 Å². The summed E-state index contributed by atoms with van der Waals surface area (Å²) in [4.78, 5) is 23.0. The molecule has 6 heteroatoms. The van der Waals surface area contributed by atoms with E-state index in [0.717, 1.165) is 6.07 Å². The number of esters is 2. The van der Waals surface area contributed by atoms with Crippen LogP contribution in [0.1, 0.15) is 26.3 Å². The van der Waals surface area contributed by atoms with Crippen molar-refractivity contribution in [2.45, 2.75) is 6.61 Å². The van der Waals surface area contributed by atoms with Crippen LogP contribution in [-0.4, -0.2) is 26.2 Å². The first-order valence-corrected chi connectivity index (χ1v) is 6.73. The van der Waals surface area contributed by atoms with Crippen LogP contribution in [0.25, 0.3) is 0 Å². The van der Waals surface area contributed by atoms with Gasteiger partial charge in [-0.25, -0.2) is 14.0 Å². The normalized spacial score (nSPS) is 10.0. The highest BCUT2D eigenvalue weighted by Gasteiger charge is 2.13. The summed E-state index contributed by atoms with van der Waals surface area (Å²) in [7, 11) is 2.53. The smallest absolute Gasteiger partial charge is 0.338 e. The number of hydrogen-bond donors (Lipinski definition) is 0. The minimum atomic E-state index is -0.635. The van der Waals surface area contributed by atoms with Gasteiger partial charge in [-0.1, -0.05) is 6.07 Å². The van der Waals surface area contributed by atoms with Crippen molar-refractivity contribution >= 4 is 11.9 Å². The van der Waals surface area contributed by atoms with Crippen LogP contribution in [0.3, 0.4) is 0 Å². The fourth-order valence-electron chi connectivity index (χ4n) is 1.94. The Morgan fingerprint density at radius 2 is 1.61 bits per heavy atom. The summed E-state index contributed by atoms with van der Waals surface area (Å²) in [5, 5.41) is 0. The van der Waals surface area contributed by atoms with Crippen LogP contribution >= 0.6 is 0 Å². The van der Waals surface area contributed by atoms with Crippen molar-refractivity contribution in [2.75, 3.05) is 14.2 Å². The SMILES string of the molecule is COC(=O)c1ccc(OCc2ccc(F)cc2C(=O)OC)cc1. The van der Waals surface area contributed by atoms with E-state index in [1.165, 1.54) is 26.4 Å². The van der Waals surface area contributed by atoms with Crippen LogP contribution in [0.2, 0.25) is 0 Å². The zero-order valence-electron chi connectivity index (χ0n) is 12.7. The van der Waals surface area contributed by atoms with Gasteiger partial charge < -0.3 is 14.2 Å². The number of carbonyl (C=O) groups excluding carboxylic acids is 2. The highest BCUT2D eigenvalue weighted by atomic mass is 19.1. The molecule has 0 saturated heterocycles. The molecule has 23 heavy (non-hydrogen) atoms. The Morgan fingerprint density at radius 1 is 0.957 bits per heavy atom. The molecule has 2 rings (SSSR count). The van der Waals surface area contributed by atoms with Crippen molar-refractivity contribution in [3.05, 3.63) is 65.0 Å². The van der Waals surface area contributed by atoms with E-state index in [2.05, 4.69) is 9.47 Å². The van der Waals surface area contributed by atoms with E-state index in [4.69, 9.17) is 4.74 Å². The van der Waals surface area contributed by atoms with Crippen molar-refractivity contribution in [2.24, 2.45) is 0 Å². The maximum absolute atomic E-state index is 13.3. The first-order chi connectivity index (χ1) is 11.0. The molecule has 0 aliphatic rings. The first kappa shape index (κ1) is 16.5. The average molecular weight is 318 g/mol. The van der Waals surface area contributed by atoms with Gasteiger partial charge in [0.05, 0.1) is 25.3 Å². The van der Waals surface area contributed by atoms with Gasteiger partial charge in [0.15, 0.2) is 0 Å². The van der Waals surface area contributed by atoms with Gasteiger partial charge in [-0.15, -0.1) is 0 Å². The van der Waals surface area contributed by atoms with Gasteiger partial charge in [0.2, 0.25) is 0 Å². The third-order valence-electron chi connectivity index (χ3n) is 3.15. The number of hydrogen-bond acceptors (Lipinski definition) is 5.